The van der Waals surface area contributed by atoms with Crippen LogP contribution >= 0.6 is 0 Å². The fourth-order valence-corrected chi connectivity index (χ4v) is 3.48. The number of nitrogens with one attached hydrogen (secondary N) is 1. The molecule has 0 atom stereocenters. The Hall–Kier alpha value is -5.14. The van der Waals surface area contributed by atoms with Crippen LogP contribution in [0.2, 0.25) is 0 Å². The third-order valence-electron chi connectivity index (χ3n) is 5.09. The lowest BCUT2D eigenvalue weighted by Gasteiger charge is -2.09. The Bertz CT molecular complexity index is 1450. The van der Waals surface area contributed by atoms with Gasteiger partial charge >= 0.3 is 0 Å². The maximum atomic E-state index is 13.1. The summed E-state index contributed by atoms with van der Waals surface area (Å²) in [5.74, 6) is 1.63. The second-order valence-electron chi connectivity index (χ2n) is 7.28. The van der Waals surface area contributed by atoms with Crippen molar-refractivity contribution >= 4 is 17.9 Å². The average molecular weight is 492 g/mol. The molecule has 3 heterocycles. The minimum Gasteiger partial charge on any atom is -0.493 e. The second kappa shape index (κ2) is 9.61. The van der Waals surface area contributed by atoms with Crippen LogP contribution in [0.15, 0.2) is 46.1 Å². The Morgan fingerprint density at radius 1 is 1.19 bits per heavy atom. The van der Waals surface area contributed by atoms with E-state index in [2.05, 4.69) is 35.8 Å². The summed E-state index contributed by atoms with van der Waals surface area (Å²) in [6, 6.07) is 10.4. The summed E-state index contributed by atoms with van der Waals surface area (Å²) < 4.78 is 27.6. The number of hydrogen-bond donors (Lipinski definition) is 2. The smallest absolute Gasteiger partial charge is 0.294 e. The maximum absolute atomic E-state index is 13.1. The highest BCUT2D eigenvalue weighted by molar-refractivity contribution is 5.99. The van der Waals surface area contributed by atoms with Gasteiger partial charge in [0.1, 0.15) is 5.69 Å². The molecule has 5 rings (SSSR count). The number of rotatable bonds is 8. The molecule has 2 aromatic carbocycles. The zero-order valence-electron chi connectivity index (χ0n) is 19.2. The van der Waals surface area contributed by atoms with Crippen LogP contribution in [0.25, 0.3) is 17.1 Å². The van der Waals surface area contributed by atoms with Gasteiger partial charge in [0.2, 0.25) is 18.4 Å². The van der Waals surface area contributed by atoms with Crippen molar-refractivity contribution in [1.29, 1.82) is 0 Å². The third kappa shape index (κ3) is 4.22. The highest BCUT2D eigenvalue weighted by Gasteiger charge is 2.26. The van der Waals surface area contributed by atoms with Gasteiger partial charge in [-0.2, -0.15) is 9.78 Å². The van der Waals surface area contributed by atoms with E-state index in [1.165, 1.54) is 10.9 Å². The Morgan fingerprint density at radius 3 is 2.83 bits per heavy atom. The number of hydrogen-bond acceptors (Lipinski definition) is 12. The van der Waals surface area contributed by atoms with Gasteiger partial charge in [-0.05, 0) is 59.2 Å². The number of hydrazone groups is 1. The predicted octanol–water partition coefficient (Wildman–Crippen LogP) is 1.80. The predicted molar refractivity (Wildman–Crippen MR) is 124 cm³/mol. The molecule has 1 aliphatic rings. The lowest BCUT2D eigenvalue weighted by atomic mass is 10.1. The van der Waals surface area contributed by atoms with E-state index < -0.39 is 5.91 Å². The molecule has 3 N–H and O–H groups in total. The first-order chi connectivity index (χ1) is 17.6. The Kier molecular flexibility index (Phi) is 6.05. The van der Waals surface area contributed by atoms with Gasteiger partial charge in [0.05, 0.1) is 19.9 Å². The molecule has 0 fully saturated rings. The summed E-state index contributed by atoms with van der Waals surface area (Å²) in [4.78, 5) is 13.1. The van der Waals surface area contributed by atoms with Gasteiger partial charge in [-0.1, -0.05) is 5.21 Å². The topological polar surface area (TPSA) is 174 Å². The zero-order valence-corrected chi connectivity index (χ0v) is 19.2. The highest BCUT2D eigenvalue weighted by atomic mass is 16.7. The number of amides is 1. The molecule has 0 bridgehead atoms. The molecule has 1 amide bonds. The maximum Gasteiger partial charge on any atom is 0.294 e. The van der Waals surface area contributed by atoms with E-state index in [-0.39, 0.29) is 29.8 Å². The summed E-state index contributed by atoms with van der Waals surface area (Å²) in [7, 11) is 1.54. The average Bonchev–Trinajstić information content (AvgIpc) is 3.63. The summed E-state index contributed by atoms with van der Waals surface area (Å²) in [6.07, 6.45) is 1.46. The molecule has 0 aliphatic carbocycles. The zero-order chi connectivity index (χ0) is 25.1. The van der Waals surface area contributed by atoms with Crippen LogP contribution in [0.5, 0.6) is 23.0 Å². The molecule has 1 aliphatic heterocycles. The molecule has 0 radical (unpaired) electrons. The van der Waals surface area contributed by atoms with E-state index in [4.69, 9.17) is 24.7 Å². The Morgan fingerprint density at radius 2 is 2.06 bits per heavy atom. The molecule has 4 aromatic rings. The quantitative estimate of drug-likeness (QED) is 0.271. The number of ether oxygens (including phenoxy) is 4. The van der Waals surface area contributed by atoms with Crippen molar-refractivity contribution in [2.45, 2.75) is 6.92 Å². The number of anilines is 1. The number of methoxy groups -OCH3 is 1. The fraction of sp³-hybridized carbons (Fsp3) is 0.182. The summed E-state index contributed by atoms with van der Waals surface area (Å²) >= 11 is 0. The van der Waals surface area contributed by atoms with Crippen molar-refractivity contribution in [3.05, 3.63) is 47.7 Å². The van der Waals surface area contributed by atoms with E-state index in [0.29, 0.717) is 40.7 Å². The number of fused-ring (bicyclic) bond motifs is 1. The minimum absolute atomic E-state index is 0.0312. The molecule has 184 valence electrons. The highest BCUT2D eigenvalue weighted by Crippen LogP contribution is 2.37. The van der Waals surface area contributed by atoms with E-state index in [1.807, 2.05) is 6.92 Å². The van der Waals surface area contributed by atoms with Crippen LogP contribution in [-0.4, -0.2) is 57.9 Å². The molecule has 0 saturated carbocycles. The molecule has 14 heteroatoms. The fourth-order valence-electron chi connectivity index (χ4n) is 3.48. The standard InChI is InChI=1S/C22H20N8O6/c1-3-33-14-6-4-12(8-16(14)32-2)10-24-26-22(31)18-19(13-5-7-15-17(9-13)35-11-34-15)30(29-25-18)21-20(23)27-36-28-21/h4-10H,3,11H2,1-2H3,(H2,23,27)(H,26,31)/b24-10-. The number of carbonyl (C=O) groups excluding carboxylic acids is 1. The van der Waals surface area contributed by atoms with Gasteiger partial charge in [-0.3, -0.25) is 4.79 Å². The molecule has 14 nitrogen and oxygen atoms in total. The van der Waals surface area contributed by atoms with E-state index in [0.717, 1.165) is 0 Å². The second-order valence-corrected chi connectivity index (χ2v) is 7.28. The molecule has 0 saturated heterocycles. The van der Waals surface area contributed by atoms with Crippen molar-refractivity contribution in [2.75, 3.05) is 26.2 Å². The van der Waals surface area contributed by atoms with Crippen LogP contribution < -0.4 is 30.1 Å². The molecule has 36 heavy (non-hydrogen) atoms. The number of nitrogen functional groups attached to an aromatic ring is 1. The largest absolute Gasteiger partial charge is 0.493 e. The summed E-state index contributed by atoms with van der Waals surface area (Å²) in [5, 5.41) is 19.4. The van der Waals surface area contributed by atoms with Crippen LogP contribution in [-0.2, 0) is 0 Å². The number of aromatic nitrogens is 5. The Balaban J connectivity index is 1.45. The first-order valence-corrected chi connectivity index (χ1v) is 10.7. The van der Waals surface area contributed by atoms with Gasteiger partial charge in [0, 0.05) is 5.56 Å². The first kappa shape index (κ1) is 22.6. The monoisotopic (exact) mass is 492 g/mol. The molecular weight excluding hydrogens is 472 g/mol. The van der Waals surface area contributed by atoms with Crippen molar-refractivity contribution in [1.82, 2.24) is 30.7 Å². The minimum atomic E-state index is -0.627. The van der Waals surface area contributed by atoms with E-state index >= 15 is 0 Å². The first-order valence-electron chi connectivity index (χ1n) is 10.7. The van der Waals surface area contributed by atoms with E-state index in [1.54, 1.807) is 43.5 Å². The third-order valence-corrected chi connectivity index (χ3v) is 5.09. The number of nitrogens with two attached hydrogens (primary N) is 1. The normalized spacial score (nSPS) is 12.2. The van der Waals surface area contributed by atoms with Crippen molar-refractivity contribution in [2.24, 2.45) is 5.10 Å². The summed E-state index contributed by atoms with van der Waals surface area (Å²) in [5.41, 5.74) is 9.75. The van der Waals surface area contributed by atoms with Crippen LogP contribution in [0.3, 0.4) is 0 Å². The lowest BCUT2D eigenvalue weighted by Crippen LogP contribution is -2.19. The summed E-state index contributed by atoms with van der Waals surface area (Å²) in [6.45, 7) is 2.48. The molecule has 2 aromatic heterocycles. The van der Waals surface area contributed by atoms with Gasteiger partial charge in [-0.15, -0.1) is 5.10 Å². The van der Waals surface area contributed by atoms with Gasteiger partial charge < -0.3 is 24.7 Å². The molecule has 0 spiro atoms. The van der Waals surface area contributed by atoms with Crippen LogP contribution in [0.4, 0.5) is 5.82 Å². The number of carbonyl (C=O) groups is 1. The SMILES string of the molecule is CCOc1ccc(/C=N\NC(=O)c2nnn(-c3nonc3N)c2-c2ccc3c(c2)OCO3)cc1OC. The van der Waals surface area contributed by atoms with Crippen molar-refractivity contribution < 1.29 is 28.4 Å². The van der Waals surface area contributed by atoms with Gasteiger partial charge in [0.15, 0.2) is 28.7 Å². The van der Waals surface area contributed by atoms with Gasteiger partial charge in [0.25, 0.3) is 5.91 Å². The number of nitrogens with zero attached hydrogens (tertiary/aromatic N) is 6. The lowest BCUT2D eigenvalue weighted by molar-refractivity contribution is 0.0950. The van der Waals surface area contributed by atoms with Crippen molar-refractivity contribution in [3.63, 3.8) is 0 Å². The van der Waals surface area contributed by atoms with Crippen LogP contribution in [0.1, 0.15) is 23.0 Å². The van der Waals surface area contributed by atoms with Gasteiger partial charge in [-0.25, -0.2) is 10.1 Å². The molecule has 0 unspecified atom stereocenters. The molecular formula is C22H20N8O6. The Labute approximate surface area is 203 Å². The van der Waals surface area contributed by atoms with E-state index in [9.17, 15) is 4.79 Å². The number of benzene rings is 2. The van der Waals surface area contributed by atoms with Crippen molar-refractivity contribution in [3.8, 4) is 40.1 Å². The van der Waals surface area contributed by atoms with Crippen LogP contribution in [0, 0.1) is 0 Å².